The molecule has 1 saturated heterocycles. The number of aromatic nitrogens is 2. The van der Waals surface area contributed by atoms with Gasteiger partial charge in [0.2, 0.25) is 0 Å². The molecule has 18 heavy (non-hydrogen) atoms. The lowest BCUT2D eigenvalue weighted by atomic mass is 10.0. The zero-order chi connectivity index (χ0) is 12.5. The number of hydrogen-bond donors (Lipinski definition) is 1. The second kappa shape index (κ2) is 4.71. The highest BCUT2D eigenvalue weighted by Gasteiger charge is 2.20. The van der Waals surface area contributed by atoms with Gasteiger partial charge in [0, 0.05) is 25.5 Å². The van der Waals surface area contributed by atoms with Gasteiger partial charge in [-0.25, -0.2) is 4.98 Å². The van der Waals surface area contributed by atoms with E-state index in [1.165, 1.54) is 25.2 Å². The average molecular weight is 244 g/mol. The molecular weight excluding hydrogens is 224 g/mol. The summed E-state index contributed by atoms with van der Waals surface area (Å²) in [6.07, 6.45) is 6.57. The maximum Gasteiger partial charge on any atom is 0.137 e. The second-order valence-corrected chi connectivity index (χ2v) is 5.36. The first-order valence-electron chi connectivity index (χ1n) is 6.60. The molecule has 4 heteroatoms. The van der Waals surface area contributed by atoms with Gasteiger partial charge in [-0.3, -0.25) is 0 Å². The van der Waals surface area contributed by atoms with Crippen LogP contribution in [0.1, 0.15) is 17.7 Å². The Hall–Kier alpha value is -1.39. The third kappa shape index (κ3) is 2.26. The Balaban J connectivity index is 1.80. The summed E-state index contributed by atoms with van der Waals surface area (Å²) in [6, 6.07) is 4.13. The molecule has 0 radical (unpaired) electrons. The van der Waals surface area contributed by atoms with Gasteiger partial charge in [-0.05, 0) is 50.0 Å². The van der Waals surface area contributed by atoms with Crippen molar-refractivity contribution in [2.45, 2.75) is 19.4 Å². The van der Waals surface area contributed by atoms with E-state index in [-0.39, 0.29) is 0 Å². The van der Waals surface area contributed by atoms with Crippen LogP contribution in [0.3, 0.4) is 0 Å². The standard InChI is InChI=1S/C14H20N4/c1-17-4-2-12(9-17)6-13-10-18-5-3-11(8-15)7-14(18)16-13/h3,5,7,10,12H,2,4,6,8-9,15H2,1H3. The van der Waals surface area contributed by atoms with Crippen LogP contribution in [0.5, 0.6) is 0 Å². The fraction of sp³-hybridized carbons (Fsp3) is 0.500. The number of likely N-dealkylation sites (tertiary alicyclic amines) is 1. The van der Waals surface area contributed by atoms with E-state index in [0.717, 1.165) is 23.5 Å². The van der Waals surface area contributed by atoms with Crippen LogP contribution in [-0.2, 0) is 13.0 Å². The van der Waals surface area contributed by atoms with Gasteiger partial charge in [-0.1, -0.05) is 0 Å². The van der Waals surface area contributed by atoms with Crippen molar-refractivity contribution < 1.29 is 0 Å². The van der Waals surface area contributed by atoms with Gasteiger partial charge in [0.1, 0.15) is 5.65 Å². The van der Waals surface area contributed by atoms with E-state index in [4.69, 9.17) is 10.7 Å². The molecule has 1 fully saturated rings. The molecule has 0 amide bonds. The molecule has 3 heterocycles. The SMILES string of the molecule is CN1CCC(Cc2cn3ccc(CN)cc3n2)C1. The highest BCUT2D eigenvalue weighted by Crippen LogP contribution is 2.19. The van der Waals surface area contributed by atoms with Gasteiger partial charge in [0.15, 0.2) is 0 Å². The maximum atomic E-state index is 5.65. The fourth-order valence-electron chi connectivity index (χ4n) is 2.79. The molecule has 96 valence electrons. The zero-order valence-electron chi connectivity index (χ0n) is 10.8. The van der Waals surface area contributed by atoms with Crippen molar-refractivity contribution in [3.8, 4) is 0 Å². The summed E-state index contributed by atoms with van der Waals surface area (Å²) in [5.74, 6) is 0.758. The summed E-state index contributed by atoms with van der Waals surface area (Å²) in [5.41, 5.74) is 9.00. The van der Waals surface area contributed by atoms with Crippen molar-refractivity contribution in [1.82, 2.24) is 14.3 Å². The first-order valence-corrected chi connectivity index (χ1v) is 6.60. The van der Waals surface area contributed by atoms with Crippen LogP contribution < -0.4 is 5.73 Å². The molecule has 0 aliphatic carbocycles. The van der Waals surface area contributed by atoms with Crippen LogP contribution in [0.15, 0.2) is 24.5 Å². The van der Waals surface area contributed by atoms with Crippen LogP contribution in [0.4, 0.5) is 0 Å². The van der Waals surface area contributed by atoms with Gasteiger partial charge < -0.3 is 15.0 Å². The second-order valence-electron chi connectivity index (χ2n) is 5.36. The third-order valence-corrected chi connectivity index (χ3v) is 3.80. The topological polar surface area (TPSA) is 46.6 Å². The first-order chi connectivity index (χ1) is 8.74. The Morgan fingerprint density at radius 1 is 1.50 bits per heavy atom. The zero-order valence-corrected chi connectivity index (χ0v) is 10.8. The molecular formula is C14H20N4. The van der Waals surface area contributed by atoms with Crippen LogP contribution >= 0.6 is 0 Å². The van der Waals surface area contributed by atoms with E-state index < -0.39 is 0 Å². The summed E-state index contributed by atoms with van der Waals surface area (Å²) in [7, 11) is 2.19. The monoisotopic (exact) mass is 244 g/mol. The average Bonchev–Trinajstić information content (AvgIpc) is 2.94. The molecule has 0 bridgehead atoms. The van der Waals surface area contributed by atoms with Crippen LogP contribution in [0.25, 0.3) is 5.65 Å². The van der Waals surface area contributed by atoms with Gasteiger partial charge >= 0.3 is 0 Å². The lowest BCUT2D eigenvalue weighted by molar-refractivity contribution is 0.394. The Morgan fingerprint density at radius 3 is 3.11 bits per heavy atom. The van der Waals surface area contributed by atoms with Gasteiger partial charge in [-0.2, -0.15) is 0 Å². The summed E-state index contributed by atoms with van der Waals surface area (Å²) in [6.45, 7) is 2.99. The molecule has 1 aliphatic heterocycles. The molecule has 0 saturated carbocycles. The van der Waals surface area contributed by atoms with E-state index in [9.17, 15) is 0 Å². The smallest absolute Gasteiger partial charge is 0.137 e. The van der Waals surface area contributed by atoms with E-state index in [2.05, 4.69) is 40.9 Å². The Kier molecular flexibility index (Phi) is 3.06. The van der Waals surface area contributed by atoms with Crippen molar-refractivity contribution in [2.24, 2.45) is 11.7 Å². The Morgan fingerprint density at radius 2 is 2.39 bits per heavy atom. The summed E-state index contributed by atoms with van der Waals surface area (Å²) in [4.78, 5) is 7.09. The number of rotatable bonds is 3. The molecule has 0 spiro atoms. The number of imidazole rings is 1. The lowest BCUT2D eigenvalue weighted by Gasteiger charge is -2.07. The summed E-state index contributed by atoms with van der Waals surface area (Å²) in [5, 5.41) is 0. The van der Waals surface area contributed by atoms with Crippen LogP contribution in [0.2, 0.25) is 0 Å². The van der Waals surface area contributed by atoms with Crippen LogP contribution in [0, 0.1) is 5.92 Å². The van der Waals surface area contributed by atoms with Crippen molar-refractivity contribution in [1.29, 1.82) is 0 Å². The largest absolute Gasteiger partial charge is 0.326 e. The number of pyridine rings is 1. The van der Waals surface area contributed by atoms with Crippen molar-refractivity contribution in [2.75, 3.05) is 20.1 Å². The molecule has 2 N–H and O–H groups in total. The van der Waals surface area contributed by atoms with E-state index in [0.29, 0.717) is 6.54 Å². The number of nitrogens with zero attached hydrogens (tertiary/aromatic N) is 3. The lowest BCUT2D eigenvalue weighted by Crippen LogP contribution is -2.15. The minimum atomic E-state index is 0.576. The normalized spacial score (nSPS) is 20.9. The first kappa shape index (κ1) is 11.7. The molecule has 1 unspecified atom stereocenters. The van der Waals surface area contributed by atoms with Crippen molar-refractivity contribution >= 4 is 5.65 Å². The van der Waals surface area contributed by atoms with Crippen molar-refractivity contribution in [3.63, 3.8) is 0 Å². The Bertz CT molecular complexity index is 546. The van der Waals surface area contributed by atoms with E-state index in [1.54, 1.807) is 0 Å². The predicted octanol–water partition coefficient (Wildman–Crippen LogP) is 1.29. The van der Waals surface area contributed by atoms with Gasteiger partial charge in [0.25, 0.3) is 0 Å². The molecule has 3 rings (SSSR count). The van der Waals surface area contributed by atoms with Crippen molar-refractivity contribution in [3.05, 3.63) is 35.8 Å². The van der Waals surface area contributed by atoms with E-state index in [1.807, 2.05) is 0 Å². The summed E-state index contributed by atoms with van der Waals surface area (Å²) < 4.78 is 2.09. The quantitative estimate of drug-likeness (QED) is 0.885. The molecule has 4 nitrogen and oxygen atoms in total. The molecule has 1 aliphatic rings. The molecule has 2 aromatic heterocycles. The number of fused-ring (bicyclic) bond motifs is 1. The fourth-order valence-corrected chi connectivity index (χ4v) is 2.79. The maximum absolute atomic E-state index is 5.65. The molecule has 2 aromatic rings. The number of hydrogen-bond acceptors (Lipinski definition) is 3. The van der Waals surface area contributed by atoms with Gasteiger partial charge in [-0.15, -0.1) is 0 Å². The highest BCUT2D eigenvalue weighted by atomic mass is 15.1. The molecule has 1 atom stereocenters. The minimum absolute atomic E-state index is 0.576. The predicted molar refractivity (Wildman–Crippen MR) is 72.4 cm³/mol. The van der Waals surface area contributed by atoms with E-state index >= 15 is 0 Å². The number of nitrogens with two attached hydrogens (primary N) is 1. The minimum Gasteiger partial charge on any atom is -0.326 e. The van der Waals surface area contributed by atoms with Gasteiger partial charge in [0.05, 0.1) is 5.69 Å². The Labute approximate surface area is 107 Å². The van der Waals surface area contributed by atoms with Crippen LogP contribution in [-0.4, -0.2) is 34.4 Å². The summed E-state index contributed by atoms with van der Waals surface area (Å²) >= 11 is 0. The third-order valence-electron chi connectivity index (χ3n) is 3.80. The molecule has 0 aromatic carbocycles. The highest BCUT2D eigenvalue weighted by molar-refractivity contribution is 5.43.